The summed E-state index contributed by atoms with van der Waals surface area (Å²) in [6.07, 6.45) is 2.44. The Bertz CT molecular complexity index is 1390. The van der Waals surface area contributed by atoms with Crippen molar-refractivity contribution in [3.63, 3.8) is 0 Å². The monoisotopic (exact) mass is 434 g/mol. The predicted molar refractivity (Wildman–Crippen MR) is 119 cm³/mol. The molecule has 5 aromatic rings. The van der Waals surface area contributed by atoms with Crippen LogP contribution in [-0.4, -0.2) is 27.2 Å². The molecule has 2 aromatic carbocycles. The highest BCUT2D eigenvalue weighted by Crippen LogP contribution is 2.39. The number of nitrogens with zero attached hydrogens (tertiary/aromatic N) is 3. The fourth-order valence-corrected chi connectivity index (χ4v) is 3.86. The first-order valence-electron chi connectivity index (χ1n) is 9.85. The number of ether oxygens (including phenoxy) is 2. The summed E-state index contributed by atoms with van der Waals surface area (Å²) in [4.78, 5) is 12.5. The van der Waals surface area contributed by atoms with E-state index in [1.807, 2.05) is 43.3 Å². The lowest BCUT2D eigenvalue weighted by molar-refractivity contribution is 0.186. The highest BCUT2D eigenvalue weighted by atomic mass is 35.5. The Kier molecular flexibility index (Phi) is 5.05. The normalized spacial score (nSPS) is 11.5. The molecule has 3 aromatic heterocycles. The third kappa shape index (κ3) is 3.52. The molecule has 0 unspecified atom stereocenters. The van der Waals surface area contributed by atoms with Gasteiger partial charge >= 0.3 is 0 Å². The molecule has 0 aliphatic carbocycles. The predicted octanol–water partition coefficient (Wildman–Crippen LogP) is 5.92. The molecular formula is C23H19ClN4O3. The lowest BCUT2D eigenvalue weighted by Gasteiger charge is -2.10. The lowest BCUT2D eigenvalue weighted by Crippen LogP contribution is -1.97. The van der Waals surface area contributed by atoms with Gasteiger partial charge in [0.25, 0.3) is 5.89 Å². The lowest BCUT2D eigenvalue weighted by atomic mass is 10.0. The number of hydrogen-bond acceptors (Lipinski definition) is 6. The van der Waals surface area contributed by atoms with Crippen molar-refractivity contribution < 1.29 is 14.0 Å². The van der Waals surface area contributed by atoms with Crippen LogP contribution >= 0.6 is 11.6 Å². The SMILES string of the molecule is CCc1noc(-c2ncc3[nH]c4cccc(Oc5cccc(Cl)c5)c4c3c2COC)n1. The second-order valence-corrected chi connectivity index (χ2v) is 7.48. The Hall–Kier alpha value is -3.42. The molecule has 0 atom stereocenters. The second-order valence-electron chi connectivity index (χ2n) is 7.04. The third-order valence-electron chi connectivity index (χ3n) is 5.02. The van der Waals surface area contributed by atoms with E-state index in [0.717, 1.165) is 27.4 Å². The smallest absolute Gasteiger partial charge is 0.276 e. The van der Waals surface area contributed by atoms with E-state index in [2.05, 4.69) is 20.1 Å². The van der Waals surface area contributed by atoms with E-state index in [9.17, 15) is 0 Å². The summed E-state index contributed by atoms with van der Waals surface area (Å²) in [6, 6.07) is 13.2. The van der Waals surface area contributed by atoms with Gasteiger partial charge in [-0.05, 0) is 30.3 Å². The molecule has 0 aliphatic rings. The number of aromatic amines is 1. The van der Waals surface area contributed by atoms with Crippen molar-refractivity contribution in [1.29, 1.82) is 0 Å². The number of rotatable bonds is 6. The van der Waals surface area contributed by atoms with E-state index in [1.54, 1.807) is 19.4 Å². The molecule has 7 nitrogen and oxygen atoms in total. The number of pyridine rings is 1. The van der Waals surface area contributed by atoms with Crippen molar-refractivity contribution in [2.75, 3.05) is 7.11 Å². The Morgan fingerprint density at radius 3 is 2.74 bits per heavy atom. The van der Waals surface area contributed by atoms with Gasteiger partial charge in [0.1, 0.15) is 17.2 Å². The molecule has 3 heterocycles. The highest BCUT2D eigenvalue weighted by Gasteiger charge is 2.21. The molecule has 0 amide bonds. The van der Waals surface area contributed by atoms with E-state index in [4.69, 9.17) is 25.6 Å². The van der Waals surface area contributed by atoms with Crippen LogP contribution in [0.2, 0.25) is 5.02 Å². The molecular weight excluding hydrogens is 416 g/mol. The van der Waals surface area contributed by atoms with Gasteiger partial charge in [0.2, 0.25) is 0 Å². The number of hydrogen-bond donors (Lipinski definition) is 1. The quantitative estimate of drug-likeness (QED) is 0.357. The number of nitrogens with one attached hydrogen (secondary N) is 1. The maximum atomic E-state index is 6.22. The van der Waals surface area contributed by atoms with Gasteiger partial charge in [-0.15, -0.1) is 0 Å². The van der Waals surface area contributed by atoms with E-state index < -0.39 is 0 Å². The second kappa shape index (κ2) is 8.02. The van der Waals surface area contributed by atoms with Crippen molar-refractivity contribution in [3.8, 4) is 23.1 Å². The molecule has 0 spiro atoms. The Balaban J connectivity index is 1.75. The molecule has 1 N–H and O–H groups in total. The molecule has 0 saturated carbocycles. The first kappa shape index (κ1) is 19.5. The van der Waals surface area contributed by atoms with Crippen LogP contribution in [0.15, 0.2) is 53.2 Å². The van der Waals surface area contributed by atoms with E-state index in [-0.39, 0.29) is 0 Å². The first-order valence-corrected chi connectivity index (χ1v) is 10.2. The molecule has 31 heavy (non-hydrogen) atoms. The van der Waals surface area contributed by atoms with Crippen LogP contribution < -0.4 is 4.74 Å². The fourth-order valence-electron chi connectivity index (χ4n) is 3.68. The van der Waals surface area contributed by atoms with Crippen molar-refractivity contribution in [3.05, 3.63) is 65.1 Å². The largest absolute Gasteiger partial charge is 0.457 e. The summed E-state index contributed by atoms with van der Waals surface area (Å²) < 4.78 is 17.2. The zero-order valence-corrected chi connectivity index (χ0v) is 17.7. The van der Waals surface area contributed by atoms with Gasteiger partial charge in [0.05, 0.1) is 29.2 Å². The summed E-state index contributed by atoms with van der Waals surface area (Å²) in [5.74, 6) is 2.35. The highest BCUT2D eigenvalue weighted by molar-refractivity contribution is 6.30. The summed E-state index contributed by atoms with van der Waals surface area (Å²) >= 11 is 6.14. The molecule has 0 bridgehead atoms. The molecule has 0 fully saturated rings. The number of halogens is 1. The standard InChI is InChI=1S/C23H19ClN4O3/c1-3-19-27-23(31-28-19)22-15(12-29-2)20-17(11-25-22)26-16-8-5-9-18(21(16)20)30-14-7-4-6-13(24)10-14/h4-11,26H,3,12H2,1-2H3. The average molecular weight is 435 g/mol. The van der Waals surface area contributed by atoms with Crippen LogP contribution in [0.5, 0.6) is 11.5 Å². The first-order chi connectivity index (χ1) is 15.2. The van der Waals surface area contributed by atoms with Gasteiger partial charge in [-0.3, -0.25) is 0 Å². The van der Waals surface area contributed by atoms with Crippen molar-refractivity contribution in [2.45, 2.75) is 20.0 Å². The Morgan fingerprint density at radius 1 is 1.10 bits per heavy atom. The van der Waals surface area contributed by atoms with Crippen LogP contribution in [0.3, 0.4) is 0 Å². The minimum absolute atomic E-state index is 0.321. The number of methoxy groups -OCH3 is 1. The Labute approximate surface area is 183 Å². The van der Waals surface area contributed by atoms with Gasteiger partial charge in [-0.25, -0.2) is 4.98 Å². The van der Waals surface area contributed by atoms with E-state index in [1.165, 1.54) is 0 Å². The van der Waals surface area contributed by atoms with Crippen LogP contribution in [0.25, 0.3) is 33.4 Å². The maximum Gasteiger partial charge on any atom is 0.276 e. The van der Waals surface area contributed by atoms with Crippen LogP contribution in [-0.2, 0) is 17.8 Å². The zero-order valence-electron chi connectivity index (χ0n) is 17.0. The van der Waals surface area contributed by atoms with Crippen LogP contribution in [0.4, 0.5) is 0 Å². The molecule has 0 aliphatic heterocycles. The van der Waals surface area contributed by atoms with E-state index in [0.29, 0.717) is 47.0 Å². The molecule has 8 heteroatoms. The third-order valence-corrected chi connectivity index (χ3v) is 5.26. The molecule has 156 valence electrons. The molecule has 0 radical (unpaired) electrons. The van der Waals surface area contributed by atoms with Crippen LogP contribution in [0.1, 0.15) is 18.3 Å². The average Bonchev–Trinajstić information content (AvgIpc) is 3.39. The summed E-state index contributed by atoms with van der Waals surface area (Å²) in [6.45, 7) is 2.29. The fraction of sp³-hybridized carbons (Fsp3) is 0.174. The number of H-pyrrole nitrogens is 1. The molecule has 0 saturated heterocycles. The van der Waals surface area contributed by atoms with Gasteiger partial charge in [-0.1, -0.05) is 35.8 Å². The van der Waals surface area contributed by atoms with Gasteiger partial charge in [0, 0.05) is 29.5 Å². The summed E-state index contributed by atoms with van der Waals surface area (Å²) in [5, 5.41) is 6.48. The van der Waals surface area contributed by atoms with Crippen molar-refractivity contribution >= 4 is 33.4 Å². The van der Waals surface area contributed by atoms with Gasteiger partial charge < -0.3 is 19.0 Å². The summed E-state index contributed by atoms with van der Waals surface area (Å²) in [7, 11) is 1.64. The number of fused-ring (bicyclic) bond motifs is 3. The number of aromatic nitrogens is 4. The van der Waals surface area contributed by atoms with Crippen LogP contribution in [0, 0.1) is 0 Å². The molecule has 5 rings (SSSR count). The number of benzene rings is 2. The Morgan fingerprint density at radius 2 is 1.97 bits per heavy atom. The topological polar surface area (TPSA) is 86.1 Å². The summed E-state index contributed by atoms with van der Waals surface area (Å²) in [5.41, 5.74) is 3.23. The van der Waals surface area contributed by atoms with Gasteiger partial charge in [0.15, 0.2) is 5.82 Å². The van der Waals surface area contributed by atoms with Crippen molar-refractivity contribution in [1.82, 2.24) is 20.1 Å². The maximum absolute atomic E-state index is 6.22. The van der Waals surface area contributed by atoms with Gasteiger partial charge in [-0.2, -0.15) is 4.98 Å². The van der Waals surface area contributed by atoms with E-state index >= 15 is 0 Å². The minimum atomic E-state index is 0.321. The zero-order chi connectivity index (χ0) is 21.4. The number of aryl methyl sites for hydroxylation is 1. The van der Waals surface area contributed by atoms with Crippen molar-refractivity contribution in [2.24, 2.45) is 0 Å². The minimum Gasteiger partial charge on any atom is -0.457 e.